The van der Waals surface area contributed by atoms with E-state index in [1.54, 1.807) is 6.20 Å². The fourth-order valence-electron chi connectivity index (χ4n) is 10.3. The molecule has 0 bridgehead atoms. The van der Waals surface area contributed by atoms with Gasteiger partial charge in [-0.25, -0.2) is 37.1 Å². The summed E-state index contributed by atoms with van der Waals surface area (Å²) in [6, 6.07) is 15.8. The first-order valence-electron chi connectivity index (χ1n) is 21.5. The lowest BCUT2D eigenvalue weighted by Crippen LogP contribution is -2.48. The van der Waals surface area contributed by atoms with Gasteiger partial charge in [0, 0.05) is 24.4 Å². The van der Waals surface area contributed by atoms with Crippen LogP contribution in [0.1, 0.15) is 64.6 Å². The molecule has 2 saturated heterocycles. The van der Waals surface area contributed by atoms with E-state index in [0.29, 0.717) is 29.0 Å². The van der Waals surface area contributed by atoms with Crippen molar-refractivity contribution < 1.29 is 46.2 Å². The Bertz CT molecular complexity index is 2680. The quantitative estimate of drug-likeness (QED) is 0.0974. The number of nitrogens with zero attached hydrogens (tertiary/aromatic N) is 4. The lowest BCUT2D eigenvalue weighted by molar-refractivity contribution is -0.142. The number of aromatic amines is 2. The second-order valence-corrected chi connectivity index (χ2v) is 18.4. The number of alkyl halides is 4. The van der Waals surface area contributed by atoms with Crippen molar-refractivity contribution in [2.45, 2.75) is 76.4 Å². The zero-order chi connectivity index (χ0) is 45.7. The smallest absolute Gasteiger partial charge is 0.407 e. The van der Waals surface area contributed by atoms with Crippen LogP contribution in [0.3, 0.4) is 0 Å². The van der Waals surface area contributed by atoms with Gasteiger partial charge in [-0.15, -0.1) is 0 Å². The number of piperidine rings is 1. The number of ether oxygens (including phenoxy) is 2. The van der Waals surface area contributed by atoms with Crippen LogP contribution in [0.2, 0.25) is 0 Å². The van der Waals surface area contributed by atoms with Gasteiger partial charge in [0.25, 0.3) is 11.8 Å². The molecular formula is C46H50F4N8O6. The Labute approximate surface area is 365 Å². The monoisotopic (exact) mass is 886 g/mol. The Balaban J connectivity index is 0.940. The number of methoxy groups -OCH3 is 2. The average molecular weight is 887 g/mol. The average Bonchev–Trinajstić information content (AvgIpc) is 3.92. The van der Waals surface area contributed by atoms with Crippen LogP contribution in [0.15, 0.2) is 60.8 Å². The predicted octanol–water partition coefficient (Wildman–Crippen LogP) is 7.77. The highest BCUT2D eigenvalue weighted by atomic mass is 19.3. The van der Waals surface area contributed by atoms with Gasteiger partial charge in [0.1, 0.15) is 17.2 Å². The van der Waals surface area contributed by atoms with Crippen LogP contribution in [-0.4, -0.2) is 105 Å². The molecule has 14 nitrogen and oxygen atoms in total. The highest BCUT2D eigenvalue weighted by Crippen LogP contribution is 2.67. The minimum Gasteiger partial charge on any atom is -0.453 e. The Morgan fingerprint density at radius 2 is 1.56 bits per heavy atom. The zero-order valence-electron chi connectivity index (χ0n) is 36.2. The molecule has 5 unspecified atom stereocenters. The third kappa shape index (κ3) is 6.99. The van der Waals surface area contributed by atoms with Crippen molar-refractivity contribution in [3.8, 4) is 22.4 Å². The molecule has 4 N–H and O–H groups in total. The molecule has 0 spiro atoms. The number of fused-ring (bicyclic) bond motifs is 4. The lowest BCUT2D eigenvalue weighted by atomic mass is 9.89. The molecule has 4 amide bonds. The standard InChI is InChI=1S/C46H50F4N8O6/c1-23(2)30(19-52-41(61)63-5)38(59)58-22-46(49,50)34-17-45(34,58)39-54-31-14-12-28-15-27(11-13-29(28)36(31)56-39)25-7-9-26(10-8-25)32-20-51-37(53-32)33-16-43(47,48)21-57(33)40(60)44(24(3)4)18-35(44)55-42(62)64-6/h7-15,20,23-24,30,33-35H,16-19,21-22H2,1-6H3,(H,51,53)(H,52,61)(H,54,56)(H,55,62)/t30?,33-,34?,35?,44?,45?/m0/s1. The van der Waals surface area contributed by atoms with Crippen molar-refractivity contribution in [3.05, 3.63) is 72.4 Å². The van der Waals surface area contributed by atoms with Gasteiger partial charge in [-0.2, -0.15) is 0 Å². The number of H-pyrrole nitrogens is 2. The molecule has 9 rings (SSSR count). The molecule has 2 aliphatic heterocycles. The summed E-state index contributed by atoms with van der Waals surface area (Å²) >= 11 is 0. The Hall–Kier alpha value is -6.20. The number of carbonyl (C=O) groups is 4. The molecule has 2 saturated carbocycles. The number of hydrogen-bond donors (Lipinski definition) is 4. The van der Waals surface area contributed by atoms with E-state index in [9.17, 15) is 19.2 Å². The maximum absolute atomic E-state index is 15.4. The molecule has 6 atom stereocenters. The lowest BCUT2D eigenvalue weighted by Gasteiger charge is -2.32. The van der Waals surface area contributed by atoms with Gasteiger partial charge in [-0.1, -0.05) is 70.2 Å². The van der Waals surface area contributed by atoms with Gasteiger partial charge in [0.05, 0.1) is 73.5 Å². The Kier molecular flexibility index (Phi) is 10.2. The van der Waals surface area contributed by atoms with Gasteiger partial charge in [0.2, 0.25) is 11.8 Å². The van der Waals surface area contributed by atoms with E-state index in [-0.39, 0.29) is 30.6 Å². The highest BCUT2D eigenvalue weighted by Gasteiger charge is 2.78. The van der Waals surface area contributed by atoms with Crippen LogP contribution in [-0.2, 0) is 24.6 Å². The fourth-order valence-corrected chi connectivity index (χ4v) is 10.3. The summed E-state index contributed by atoms with van der Waals surface area (Å²) in [5, 5.41) is 6.89. The first kappa shape index (κ1) is 43.1. The van der Waals surface area contributed by atoms with Crippen LogP contribution >= 0.6 is 0 Å². The number of amides is 4. The predicted molar refractivity (Wildman–Crippen MR) is 227 cm³/mol. The largest absolute Gasteiger partial charge is 0.453 e. The van der Waals surface area contributed by atoms with Crippen LogP contribution in [0.5, 0.6) is 0 Å². The third-order valence-corrected chi connectivity index (χ3v) is 14.1. The molecule has 64 heavy (non-hydrogen) atoms. The minimum absolute atomic E-state index is 0.0569. The number of benzene rings is 3. The van der Waals surface area contributed by atoms with Gasteiger partial charge in [0.15, 0.2) is 0 Å². The maximum Gasteiger partial charge on any atom is 0.407 e. The summed E-state index contributed by atoms with van der Waals surface area (Å²) in [7, 11) is 2.44. The molecule has 2 aliphatic carbocycles. The highest BCUT2D eigenvalue weighted by molar-refractivity contribution is 6.05. The number of aromatic nitrogens is 4. The van der Waals surface area contributed by atoms with Crippen molar-refractivity contribution in [2.24, 2.45) is 29.1 Å². The number of halogens is 4. The molecule has 338 valence electrons. The van der Waals surface area contributed by atoms with E-state index in [2.05, 4.69) is 30.3 Å². The van der Waals surface area contributed by atoms with E-state index in [1.807, 2.05) is 82.3 Å². The van der Waals surface area contributed by atoms with Gasteiger partial charge in [-0.05, 0) is 58.9 Å². The Morgan fingerprint density at radius 1 is 0.859 bits per heavy atom. The van der Waals surface area contributed by atoms with E-state index in [1.165, 1.54) is 24.0 Å². The van der Waals surface area contributed by atoms with Crippen LogP contribution in [0, 0.1) is 29.1 Å². The van der Waals surface area contributed by atoms with Crippen molar-refractivity contribution >= 4 is 45.8 Å². The number of hydrogen-bond acceptors (Lipinski definition) is 8. The Morgan fingerprint density at radius 3 is 2.23 bits per heavy atom. The van der Waals surface area contributed by atoms with Gasteiger partial charge >= 0.3 is 12.2 Å². The molecule has 3 aromatic carbocycles. The first-order valence-corrected chi connectivity index (χ1v) is 21.5. The molecule has 4 heterocycles. The second-order valence-electron chi connectivity index (χ2n) is 18.4. The first-order chi connectivity index (χ1) is 30.3. The summed E-state index contributed by atoms with van der Waals surface area (Å²) in [5.41, 5.74) is 2.03. The molecule has 18 heteroatoms. The number of alkyl carbamates (subject to hydrolysis) is 2. The summed E-state index contributed by atoms with van der Waals surface area (Å²) in [5.74, 6) is -8.94. The van der Waals surface area contributed by atoms with Gasteiger partial charge < -0.3 is 39.9 Å². The van der Waals surface area contributed by atoms with E-state index >= 15 is 17.6 Å². The van der Waals surface area contributed by atoms with E-state index < -0.39 is 90.2 Å². The molecule has 4 fully saturated rings. The van der Waals surface area contributed by atoms with Crippen molar-refractivity contribution in [3.63, 3.8) is 0 Å². The van der Waals surface area contributed by atoms with Crippen molar-refractivity contribution in [2.75, 3.05) is 33.9 Å². The normalized spacial score (nSPS) is 25.7. The number of likely N-dealkylation sites (tertiary alicyclic amines) is 2. The van der Waals surface area contributed by atoms with Crippen molar-refractivity contribution in [1.82, 2.24) is 40.4 Å². The molecule has 4 aliphatic rings. The summed E-state index contributed by atoms with van der Waals surface area (Å²) in [6.45, 7) is 5.74. The summed E-state index contributed by atoms with van der Waals surface area (Å²) < 4.78 is 70.3. The second kappa shape index (κ2) is 15.2. The maximum atomic E-state index is 15.4. The fraction of sp³-hybridized carbons (Fsp3) is 0.478. The number of rotatable bonds is 11. The number of nitrogens with one attached hydrogen (secondary N) is 4. The van der Waals surface area contributed by atoms with Crippen molar-refractivity contribution in [1.29, 1.82) is 0 Å². The SMILES string of the molecule is COC(=O)NCC(C(=O)N1CC(F)(F)C2CC21c1nc2c(ccc3cc(-c4ccc(-c5cnc([C@@H]6CC(F)(F)CN6C(=O)C6(C(C)C)CC6NC(=O)OC)[nH]5)cc4)ccc32)[nH]1)C(C)C. The van der Waals surface area contributed by atoms with Crippen LogP contribution in [0.25, 0.3) is 44.2 Å². The molecular weight excluding hydrogens is 837 g/mol. The topological polar surface area (TPSA) is 175 Å². The summed E-state index contributed by atoms with van der Waals surface area (Å²) in [4.78, 5) is 70.1. The van der Waals surface area contributed by atoms with Crippen LogP contribution < -0.4 is 10.6 Å². The van der Waals surface area contributed by atoms with Crippen LogP contribution in [0.4, 0.5) is 27.2 Å². The number of carbonyl (C=O) groups excluding carboxylic acids is 4. The summed E-state index contributed by atoms with van der Waals surface area (Å²) in [6.07, 6.45) is -0.0348. The number of imidazole rings is 2. The third-order valence-electron chi connectivity index (χ3n) is 14.1. The van der Waals surface area contributed by atoms with E-state index in [4.69, 9.17) is 9.72 Å². The van der Waals surface area contributed by atoms with Gasteiger partial charge in [-0.3, -0.25) is 9.59 Å². The minimum atomic E-state index is -3.13. The molecule has 5 aromatic rings. The molecule has 2 aromatic heterocycles. The molecule has 0 radical (unpaired) electrons. The zero-order valence-corrected chi connectivity index (χ0v) is 36.2. The van der Waals surface area contributed by atoms with E-state index in [0.717, 1.165) is 27.5 Å².